The van der Waals surface area contributed by atoms with Gasteiger partial charge >= 0.3 is 0 Å². The number of rotatable bonds is 2. The van der Waals surface area contributed by atoms with Crippen molar-refractivity contribution in [3.63, 3.8) is 0 Å². The van der Waals surface area contributed by atoms with Crippen LogP contribution in [-0.2, 0) is 0 Å². The summed E-state index contributed by atoms with van der Waals surface area (Å²) in [6, 6.07) is 18.9. The molecular weight excluding hydrogens is 288 g/mol. The lowest BCUT2D eigenvalue weighted by Crippen LogP contribution is -1.77. The van der Waals surface area contributed by atoms with Crippen molar-refractivity contribution in [2.75, 3.05) is 0 Å². The Balaban J connectivity index is 1.80. The van der Waals surface area contributed by atoms with E-state index in [4.69, 9.17) is 4.42 Å². The fourth-order valence-electron chi connectivity index (χ4n) is 2.73. The average Bonchev–Trinajstić information content (AvgIpc) is 3.06. The van der Waals surface area contributed by atoms with Crippen molar-refractivity contribution in [1.82, 2.24) is 10.2 Å². The quantitative estimate of drug-likeness (QED) is 0.591. The number of aromatic nitrogens is 2. The van der Waals surface area contributed by atoms with E-state index in [1.807, 2.05) is 18.2 Å². The zero-order valence-corrected chi connectivity index (χ0v) is 12.5. The predicted molar refractivity (Wildman–Crippen MR) is 88.2 cm³/mol. The molecule has 0 radical (unpaired) electrons. The van der Waals surface area contributed by atoms with Crippen LogP contribution in [0.2, 0.25) is 0 Å². The molecule has 0 atom stereocenters. The van der Waals surface area contributed by atoms with Crippen LogP contribution in [0.4, 0.5) is 0 Å². The Kier molecular flexibility index (Phi) is 3.08. The van der Waals surface area contributed by atoms with Gasteiger partial charge in [0.2, 0.25) is 11.8 Å². The number of phenols is 1. The summed E-state index contributed by atoms with van der Waals surface area (Å²) in [6.07, 6.45) is 0. The van der Waals surface area contributed by atoms with Crippen LogP contribution in [0.3, 0.4) is 0 Å². The molecule has 0 bridgehead atoms. The van der Waals surface area contributed by atoms with E-state index >= 15 is 0 Å². The predicted octanol–water partition coefficient (Wildman–Crippen LogP) is 4.52. The van der Waals surface area contributed by atoms with Crippen LogP contribution in [0, 0.1) is 6.92 Å². The first kappa shape index (κ1) is 13.5. The Hall–Kier alpha value is -3.14. The number of phenolic OH excluding ortho intramolecular Hbond substituents is 1. The lowest BCUT2D eigenvalue weighted by molar-refractivity contribution is 0.475. The second-order valence-electron chi connectivity index (χ2n) is 5.44. The fourth-order valence-corrected chi connectivity index (χ4v) is 2.73. The minimum absolute atomic E-state index is 0.207. The summed E-state index contributed by atoms with van der Waals surface area (Å²) >= 11 is 0. The molecule has 23 heavy (non-hydrogen) atoms. The van der Waals surface area contributed by atoms with Gasteiger partial charge in [-0.3, -0.25) is 0 Å². The van der Waals surface area contributed by atoms with E-state index in [0.29, 0.717) is 11.8 Å². The molecule has 4 rings (SSSR count). The number of nitrogens with zero attached hydrogens (tertiary/aromatic N) is 2. The summed E-state index contributed by atoms with van der Waals surface area (Å²) in [7, 11) is 0. The maximum absolute atomic E-state index is 9.36. The SMILES string of the molecule is Cc1cc(-c2nnc(-c3ccc(O)cc3)o2)c2cccccc1-2. The van der Waals surface area contributed by atoms with Crippen molar-refractivity contribution in [3.05, 3.63) is 66.2 Å². The second-order valence-corrected chi connectivity index (χ2v) is 5.44. The topological polar surface area (TPSA) is 59.2 Å². The Bertz CT molecular complexity index is 942. The van der Waals surface area contributed by atoms with E-state index in [9.17, 15) is 5.11 Å². The number of hydrogen-bond acceptors (Lipinski definition) is 4. The van der Waals surface area contributed by atoms with Crippen LogP contribution < -0.4 is 0 Å². The van der Waals surface area contributed by atoms with Gasteiger partial charge in [-0.15, -0.1) is 10.2 Å². The molecule has 0 saturated heterocycles. The van der Waals surface area contributed by atoms with Crippen molar-refractivity contribution in [3.8, 4) is 39.8 Å². The highest BCUT2D eigenvalue weighted by atomic mass is 16.4. The highest BCUT2D eigenvalue weighted by Gasteiger charge is 2.18. The van der Waals surface area contributed by atoms with Crippen LogP contribution in [0.25, 0.3) is 34.0 Å². The zero-order valence-electron chi connectivity index (χ0n) is 12.5. The Morgan fingerprint density at radius 1 is 0.783 bits per heavy atom. The summed E-state index contributed by atoms with van der Waals surface area (Å²) in [5.74, 6) is 1.14. The molecule has 1 aromatic carbocycles. The van der Waals surface area contributed by atoms with Gasteiger partial charge in [-0.2, -0.15) is 0 Å². The molecule has 112 valence electrons. The second kappa shape index (κ2) is 5.25. The number of hydrogen-bond donors (Lipinski definition) is 1. The van der Waals surface area contributed by atoms with Gasteiger partial charge < -0.3 is 9.52 Å². The van der Waals surface area contributed by atoms with E-state index in [1.54, 1.807) is 24.3 Å². The maximum Gasteiger partial charge on any atom is 0.248 e. The van der Waals surface area contributed by atoms with Crippen LogP contribution in [0.5, 0.6) is 5.75 Å². The van der Waals surface area contributed by atoms with Gasteiger partial charge in [-0.25, -0.2) is 0 Å². The molecule has 0 unspecified atom stereocenters. The molecule has 2 aromatic rings. The largest absolute Gasteiger partial charge is 0.508 e. The molecule has 0 amide bonds. The highest BCUT2D eigenvalue weighted by molar-refractivity contribution is 5.86. The van der Waals surface area contributed by atoms with E-state index in [1.165, 1.54) is 11.1 Å². The fraction of sp³-hybridized carbons (Fsp3) is 0.0526. The third-order valence-electron chi connectivity index (χ3n) is 3.88. The van der Waals surface area contributed by atoms with Gasteiger partial charge in [0.1, 0.15) is 5.75 Å². The molecule has 1 N–H and O–H groups in total. The molecule has 2 aliphatic rings. The standard InChI is InChI=1S/C19H14N2O2/c1-12-11-17(16-6-4-2-3-5-15(12)16)19-21-20-18(23-19)13-7-9-14(22)10-8-13/h2-11,22H,1H3. The summed E-state index contributed by atoms with van der Waals surface area (Å²) in [4.78, 5) is 0. The smallest absolute Gasteiger partial charge is 0.248 e. The lowest BCUT2D eigenvalue weighted by Gasteiger charge is -1.97. The normalized spacial score (nSPS) is 11.0. The van der Waals surface area contributed by atoms with Crippen molar-refractivity contribution >= 4 is 0 Å². The van der Waals surface area contributed by atoms with Gasteiger partial charge in [-0.05, 0) is 53.9 Å². The summed E-state index contributed by atoms with van der Waals surface area (Å²) in [6.45, 7) is 2.07. The van der Waals surface area contributed by atoms with Crippen molar-refractivity contribution in [2.24, 2.45) is 0 Å². The first-order chi connectivity index (χ1) is 11.2. The van der Waals surface area contributed by atoms with Gasteiger partial charge in [0.25, 0.3) is 0 Å². The van der Waals surface area contributed by atoms with E-state index in [-0.39, 0.29) is 5.75 Å². The van der Waals surface area contributed by atoms with Gasteiger partial charge in [0.05, 0.1) is 0 Å². The molecule has 1 heterocycles. The Labute approximate surface area is 133 Å². The molecule has 4 heteroatoms. The van der Waals surface area contributed by atoms with Crippen LogP contribution in [0.15, 0.2) is 65.1 Å². The number of benzene rings is 1. The minimum Gasteiger partial charge on any atom is -0.508 e. The van der Waals surface area contributed by atoms with Crippen molar-refractivity contribution < 1.29 is 9.52 Å². The number of fused-ring (bicyclic) bond motifs is 1. The Morgan fingerprint density at radius 3 is 2.26 bits per heavy atom. The molecule has 0 aliphatic heterocycles. The van der Waals surface area contributed by atoms with Gasteiger partial charge in [0.15, 0.2) is 0 Å². The third kappa shape index (κ3) is 2.34. The van der Waals surface area contributed by atoms with E-state index in [2.05, 4.69) is 35.3 Å². The van der Waals surface area contributed by atoms with Crippen LogP contribution in [0.1, 0.15) is 5.56 Å². The third-order valence-corrected chi connectivity index (χ3v) is 3.88. The summed E-state index contributed by atoms with van der Waals surface area (Å²) in [5.41, 5.74) is 5.16. The highest BCUT2D eigenvalue weighted by Crippen LogP contribution is 2.38. The monoisotopic (exact) mass is 302 g/mol. The lowest BCUT2D eigenvalue weighted by atomic mass is 10.1. The van der Waals surface area contributed by atoms with Crippen molar-refractivity contribution in [1.29, 1.82) is 0 Å². The first-order valence-corrected chi connectivity index (χ1v) is 7.34. The number of aromatic hydroxyl groups is 1. The van der Waals surface area contributed by atoms with Crippen molar-refractivity contribution in [2.45, 2.75) is 6.92 Å². The van der Waals surface area contributed by atoms with Gasteiger partial charge in [0, 0.05) is 11.1 Å². The minimum atomic E-state index is 0.207. The van der Waals surface area contributed by atoms with Crippen LogP contribution >= 0.6 is 0 Å². The summed E-state index contributed by atoms with van der Waals surface area (Å²) in [5, 5.41) is 17.7. The molecular formula is C19H14N2O2. The molecule has 4 nitrogen and oxygen atoms in total. The average molecular weight is 302 g/mol. The van der Waals surface area contributed by atoms with E-state index in [0.717, 1.165) is 16.7 Å². The van der Waals surface area contributed by atoms with Crippen LogP contribution in [-0.4, -0.2) is 15.3 Å². The first-order valence-electron chi connectivity index (χ1n) is 7.34. The maximum atomic E-state index is 9.36. The molecule has 0 spiro atoms. The number of aryl methyl sites for hydroxylation is 1. The molecule has 0 fully saturated rings. The molecule has 0 saturated carbocycles. The van der Waals surface area contributed by atoms with E-state index < -0.39 is 0 Å². The summed E-state index contributed by atoms with van der Waals surface area (Å²) < 4.78 is 5.84. The molecule has 1 aromatic heterocycles. The Morgan fingerprint density at radius 2 is 1.48 bits per heavy atom. The van der Waals surface area contributed by atoms with Gasteiger partial charge in [-0.1, -0.05) is 30.3 Å². The zero-order chi connectivity index (χ0) is 15.8. The molecule has 2 aliphatic carbocycles.